The largest absolute Gasteiger partial charge is 0.418 e. The number of alkyl halides is 3. The van der Waals surface area contributed by atoms with Crippen molar-refractivity contribution in [1.29, 1.82) is 0 Å². The topological polar surface area (TPSA) is 41.1 Å². The Balaban J connectivity index is 2.14. The Morgan fingerprint density at radius 3 is 2.33 bits per heavy atom. The number of hydrogen-bond donors (Lipinski definition) is 2. The van der Waals surface area contributed by atoms with Crippen molar-refractivity contribution < 1.29 is 22.4 Å². The maximum absolute atomic E-state index is 12.9. The number of carbonyl (C=O) groups excluding carboxylic acids is 1. The van der Waals surface area contributed by atoms with E-state index in [9.17, 15) is 22.4 Å². The second-order valence-electron chi connectivity index (χ2n) is 4.13. The maximum atomic E-state index is 12.9. The molecule has 0 aliphatic carbocycles. The molecule has 0 fully saturated rings. The summed E-state index contributed by atoms with van der Waals surface area (Å²) in [5.74, 6) is -0.566. The zero-order chi connectivity index (χ0) is 15.5. The number of urea groups is 1. The van der Waals surface area contributed by atoms with Gasteiger partial charge in [-0.1, -0.05) is 18.2 Å². The molecule has 2 aromatic carbocycles. The molecule has 2 amide bonds. The maximum Gasteiger partial charge on any atom is 0.418 e. The molecule has 0 unspecified atom stereocenters. The van der Waals surface area contributed by atoms with Crippen molar-refractivity contribution in [3.8, 4) is 0 Å². The number of amides is 2. The van der Waals surface area contributed by atoms with Crippen molar-refractivity contribution in [3.63, 3.8) is 0 Å². The molecule has 0 spiro atoms. The van der Waals surface area contributed by atoms with Gasteiger partial charge >= 0.3 is 12.2 Å². The predicted octanol–water partition coefficient (Wildman–Crippen LogP) is 4.49. The average molecular weight is 298 g/mol. The number of hydrogen-bond acceptors (Lipinski definition) is 1. The van der Waals surface area contributed by atoms with Gasteiger partial charge in [-0.2, -0.15) is 13.2 Å². The molecule has 0 saturated carbocycles. The molecule has 0 saturated heterocycles. The van der Waals surface area contributed by atoms with E-state index >= 15 is 0 Å². The fourth-order valence-electron chi connectivity index (χ4n) is 1.69. The Hall–Kier alpha value is -2.57. The van der Waals surface area contributed by atoms with E-state index in [1.807, 2.05) is 0 Å². The zero-order valence-corrected chi connectivity index (χ0v) is 10.5. The van der Waals surface area contributed by atoms with Crippen LogP contribution in [0.3, 0.4) is 0 Å². The van der Waals surface area contributed by atoms with Gasteiger partial charge in [-0.05, 0) is 30.3 Å². The van der Waals surface area contributed by atoms with Gasteiger partial charge in [0, 0.05) is 5.69 Å². The number of anilines is 2. The summed E-state index contributed by atoms with van der Waals surface area (Å²) in [6, 6.07) is 8.71. The standard InChI is InChI=1S/C14H10F4N2O/c15-9-4-3-5-10(8-9)19-13(21)20-12-7-2-1-6-11(12)14(16,17)18/h1-8H,(H2,19,20,21). The molecular formula is C14H10F4N2O. The van der Waals surface area contributed by atoms with Crippen LogP contribution in [0.15, 0.2) is 48.5 Å². The van der Waals surface area contributed by atoms with Crippen LogP contribution in [0.2, 0.25) is 0 Å². The predicted molar refractivity (Wildman–Crippen MR) is 70.5 cm³/mol. The van der Waals surface area contributed by atoms with E-state index in [1.54, 1.807) is 0 Å². The average Bonchev–Trinajstić information content (AvgIpc) is 2.37. The second-order valence-corrected chi connectivity index (χ2v) is 4.13. The summed E-state index contributed by atoms with van der Waals surface area (Å²) < 4.78 is 51.2. The molecular weight excluding hydrogens is 288 g/mol. The van der Waals surface area contributed by atoms with Gasteiger partial charge in [-0.25, -0.2) is 9.18 Å². The van der Waals surface area contributed by atoms with Crippen LogP contribution < -0.4 is 10.6 Å². The smallest absolute Gasteiger partial charge is 0.308 e. The first-order chi connectivity index (χ1) is 9.86. The third kappa shape index (κ3) is 3.95. The van der Waals surface area contributed by atoms with Crippen LogP contribution in [-0.4, -0.2) is 6.03 Å². The Labute approximate surface area is 117 Å². The van der Waals surface area contributed by atoms with Gasteiger partial charge in [-0.15, -0.1) is 0 Å². The highest BCUT2D eigenvalue weighted by Gasteiger charge is 2.33. The normalized spacial score (nSPS) is 11.0. The summed E-state index contributed by atoms with van der Waals surface area (Å²) in [5, 5.41) is 4.35. The molecule has 0 aliphatic heterocycles. The van der Waals surface area contributed by atoms with Crippen molar-refractivity contribution in [2.45, 2.75) is 6.18 Å². The molecule has 0 atom stereocenters. The first kappa shape index (κ1) is 14.8. The fourth-order valence-corrected chi connectivity index (χ4v) is 1.69. The molecule has 2 rings (SSSR count). The monoisotopic (exact) mass is 298 g/mol. The Morgan fingerprint density at radius 2 is 1.67 bits per heavy atom. The van der Waals surface area contributed by atoms with Crippen molar-refractivity contribution in [2.24, 2.45) is 0 Å². The van der Waals surface area contributed by atoms with Gasteiger partial charge in [0.1, 0.15) is 5.82 Å². The Morgan fingerprint density at radius 1 is 0.952 bits per heavy atom. The van der Waals surface area contributed by atoms with E-state index in [2.05, 4.69) is 10.6 Å². The third-order valence-corrected chi connectivity index (χ3v) is 2.56. The number of halogens is 4. The van der Waals surface area contributed by atoms with Gasteiger partial charge in [0.05, 0.1) is 11.3 Å². The van der Waals surface area contributed by atoms with E-state index < -0.39 is 23.6 Å². The minimum absolute atomic E-state index is 0.136. The Bertz CT molecular complexity index is 655. The third-order valence-electron chi connectivity index (χ3n) is 2.56. The fraction of sp³-hybridized carbons (Fsp3) is 0.0714. The minimum atomic E-state index is -4.58. The molecule has 7 heteroatoms. The first-order valence-corrected chi connectivity index (χ1v) is 5.86. The molecule has 2 aromatic rings. The molecule has 21 heavy (non-hydrogen) atoms. The van der Waals surface area contributed by atoms with E-state index in [0.717, 1.165) is 18.2 Å². The van der Waals surface area contributed by atoms with Crippen LogP contribution in [0.1, 0.15) is 5.56 Å². The SMILES string of the molecule is O=C(Nc1cccc(F)c1)Nc1ccccc1C(F)(F)F. The lowest BCUT2D eigenvalue weighted by Gasteiger charge is -2.14. The highest BCUT2D eigenvalue weighted by atomic mass is 19.4. The first-order valence-electron chi connectivity index (χ1n) is 5.86. The number of para-hydroxylation sites is 1. The van der Waals surface area contributed by atoms with Crippen molar-refractivity contribution in [1.82, 2.24) is 0 Å². The van der Waals surface area contributed by atoms with Crippen LogP contribution in [-0.2, 0) is 6.18 Å². The van der Waals surface area contributed by atoms with E-state index in [1.165, 1.54) is 30.3 Å². The van der Waals surface area contributed by atoms with Gasteiger partial charge in [0.15, 0.2) is 0 Å². The van der Waals surface area contributed by atoms with Gasteiger partial charge < -0.3 is 10.6 Å². The number of nitrogens with one attached hydrogen (secondary N) is 2. The van der Waals surface area contributed by atoms with Gasteiger partial charge in [-0.3, -0.25) is 0 Å². The lowest BCUT2D eigenvalue weighted by Crippen LogP contribution is -2.21. The summed E-state index contributed by atoms with van der Waals surface area (Å²) in [6.45, 7) is 0. The van der Waals surface area contributed by atoms with Gasteiger partial charge in [0.2, 0.25) is 0 Å². The second kappa shape index (κ2) is 5.82. The number of benzene rings is 2. The summed E-state index contributed by atoms with van der Waals surface area (Å²) in [6.07, 6.45) is -4.58. The molecule has 0 bridgehead atoms. The molecule has 0 radical (unpaired) electrons. The molecule has 110 valence electrons. The van der Waals surface area contributed by atoms with Crippen molar-refractivity contribution in [3.05, 3.63) is 59.9 Å². The molecule has 3 nitrogen and oxygen atoms in total. The molecule has 0 aromatic heterocycles. The highest BCUT2D eigenvalue weighted by molar-refractivity contribution is 6.00. The van der Waals surface area contributed by atoms with Crippen LogP contribution >= 0.6 is 0 Å². The van der Waals surface area contributed by atoms with Crippen LogP contribution in [0.25, 0.3) is 0 Å². The van der Waals surface area contributed by atoms with Crippen LogP contribution in [0, 0.1) is 5.82 Å². The lowest BCUT2D eigenvalue weighted by molar-refractivity contribution is -0.136. The number of rotatable bonds is 2. The minimum Gasteiger partial charge on any atom is -0.308 e. The lowest BCUT2D eigenvalue weighted by atomic mass is 10.1. The summed E-state index contributed by atoms with van der Waals surface area (Å²) in [7, 11) is 0. The summed E-state index contributed by atoms with van der Waals surface area (Å²) in [5.41, 5.74) is -1.20. The Kier molecular flexibility index (Phi) is 4.11. The highest BCUT2D eigenvalue weighted by Crippen LogP contribution is 2.34. The van der Waals surface area contributed by atoms with Crippen LogP contribution in [0.5, 0.6) is 0 Å². The van der Waals surface area contributed by atoms with Crippen molar-refractivity contribution >= 4 is 17.4 Å². The quantitative estimate of drug-likeness (QED) is 0.788. The molecule has 0 heterocycles. The zero-order valence-electron chi connectivity index (χ0n) is 10.5. The summed E-state index contributed by atoms with van der Waals surface area (Å²) in [4.78, 5) is 11.7. The molecule has 0 aliphatic rings. The van der Waals surface area contributed by atoms with Crippen molar-refractivity contribution in [2.75, 3.05) is 10.6 Å². The summed E-state index contributed by atoms with van der Waals surface area (Å²) >= 11 is 0. The van der Waals surface area contributed by atoms with Gasteiger partial charge in [0.25, 0.3) is 0 Å². The number of carbonyl (C=O) groups is 1. The van der Waals surface area contributed by atoms with E-state index in [-0.39, 0.29) is 11.4 Å². The van der Waals surface area contributed by atoms with E-state index in [0.29, 0.717) is 0 Å². The van der Waals surface area contributed by atoms with Crippen LogP contribution in [0.4, 0.5) is 33.7 Å². The molecule has 2 N–H and O–H groups in total. The van der Waals surface area contributed by atoms with E-state index in [4.69, 9.17) is 0 Å².